The van der Waals surface area contributed by atoms with Crippen molar-refractivity contribution >= 4 is 28.4 Å². The van der Waals surface area contributed by atoms with E-state index in [4.69, 9.17) is 10.5 Å². The predicted molar refractivity (Wildman–Crippen MR) is 113 cm³/mol. The first-order valence-corrected chi connectivity index (χ1v) is 9.32. The summed E-state index contributed by atoms with van der Waals surface area (Å²) >= 11 is 0. The number of amides is 2. The molecule has 0 aliphatic rings. The van der Waals surface area contributed by atoms with Gasteiger partial charge in [0, 0.05) is 43.4 Å². The van der Waals surface area contributed by atoms with Crippen molar-refractivity contribution in [3.8, 4) is 5.75 Å². The van der Waals surface area contributed by atoms with Crippen LogP contribution in [-0.2, 0) is 0 Å². The average molecular weight is 392 g/mol. The summed E-state index contributed by atoms with van der Waals surface area (Å²) in [6, 6.07) is 14.2. The van der Waals surface area contributed by atoms with Crippen molar-refractivity contribution in [1.82, 2.24) is 15.2 Å². The lowest BCUT2D eigenvalue weighted by Crippen LogP contribution is -2.26. The minimum Gasteiger partial charge on any atom is -0.494 e. The summed E-state index contributed by atoms with van der Waals surface area (Å²) in [7, 11) is 3.38. The van der Waals surface area contributed by atoms with E-state index in [0.29, 0.717) is 42.3 Å². The van der Waals surface area contributed by atoms with Gasteiger partial charge in [-0.05, 0) is 54.3 Å². The van der Waals surface area contributed by atoms with Crippen LogP contribution in [-0.4, -0.2) is 48.9 Å². The number of hydrogen-bond donors (Lipinski definition) is 2. The van der Waals surface area contributed by atoms with Crippen LogP contribution in [0.15, 0.2) is 54.7 Å². The van der Waals surface area contributed by atoms with Gasteiger partial charge in [-0.1, -0.05) is 6.07 Å². The number of nitrogens with two attached hydrogens (primary N) is 1. The van der Waals surface area contributed by atoms with Gasteiger partial charge in [-0.25, -0.2) is 4.98 Å². The van der Waals surface area contributed by atoms with Crippen molar-refractivity contribution < 1.29 is 14.3 Å². The van der Waals surface area contributed by atoms with E-state index in [1.165, 1.54) is 4.90 Å². The first kappa shape index (κ1) is 20.1. The number of rotatable bonds is 7. The van der Waals surface area contributed by atoms with Crippen molar-refractivity contribution in [2.45, 2.75) is 6.42 Å². The third-order valence-electron chi connectivity index (χ3n) is 4.44. The lowest BCUT2D eigenvalue weighted by atomic mass is 10.1. The van der Waals surface area contributed by atoms with Crippen LogP contribution in [0.2, 0.25) is 0 Å². The Kier molecular flexibility index (Phi) is 6.29. The smallest absolute Gasteiger partial charge is 0.253 e. The topological polar surface area (TPSA) is 97.5 Å². The van der Waals surface area contributed by atoms with E-state index in [0.717, 1.165) is 10.8 Å². The number of ether oxygens (including phenoxy) is 1. The fourth-order valence-corrected chi connectivity index (χ4v) is 2.85. The number of nitrogens with one attached hydrogen (secondary N) is 1. The number of aromatic nitrogens is 1. The van der Waals surface area contributed by atoms with Crippen LogP contribution in [0.25, 0.3) is 10.8 Å². The molecule has 0 aliphatic carbocycles. The fraction of sp³-hybridized carbons (Fsp3) is 0.227. The molecule has 0 bridgehead atoms. The van der Waals surface area contributed by atoms with Crippen LogP contribution in [0.3, 0.4) is 0 Å². The second-order valence-electron chi connectivity index (χ2n) is 6.81. The summed E-state index contributed by atoms with van der Waals surface area (Å²) in [5.41, 5.74) is 6.96. The average Bonchev–Trinajstić information content (AvgIpc) is 2.73. The van der Waals surface area contributed by atoms with E-state index in [-0.39, 0.29) is 11.8 Å². The maximum atomic E-state index is 12.2. The highest BCUT2D eigenvalue weighted by atomic mass is 16.5. The second kappa shape index (κ2) is 9.05. The Bertz CT molecular complexity index is 1020. The molecule has 3 N–H and O–H groups in total. The molecule has 0 unspecified atom stereocenters. The highest BCUT2D eigenvalue weighted by molar-refractivity contribution is 5.97. The quantitative estimate of drug-likeness (QED) is 0.603. The molecule has 1 aromatic heterocycles. The molecule has 3 aromatic rings. The van der Waals surface area contributed by atoms with Gasteiger partial charge in [0.25, 0.3) is 11.8 Å². The van der Waals surface area contributed by atoms with E-state index < -0.39 is 0 Å². The van der Waals surface area contributed by atoms with Gasteiger partial charge < -0.3 is 20.7 Å². The molecule has 0 saturated carbocycles. The van der Waals surface area contributed by atoms with Crippen LogP contribution in [0.1, 0.15) is 27.1 Å². The molecule has 2 amide bonds. The van der Waals surface area contributed by atoms with Gasteiger partial charge in [-0.2, -0.15) is 0 Å². The maximum absolute atomic E-state index is 12.2. The molecule has 7 heteroatoms. The Hall–Kier alpha value is -3.61. The zero-order chi connectivity index (χ0) is 20.8. The normalized spacial score (nSPS) is 10.6. The molecule has 1 heterocycles. The Morgan fingerprint density at radius 3 is 2.52 bits per heavy atom. The summed E-state index contributed by atoms with van der Waals surface area (Å²) in [5, 5.41) is 4.72. The second-order valence-corrected chi connectivity index (χ2v) is 6.81. The molecule has 2 aromatic carbocycles. The molecule has 0 radical (unpaired) electrons. The van der Waals surface area contributed by atoms with Crippen molar-refractivity contribution in [3.63, 3.8) is 0 Å². The van der Waals surface area contributed by atoms with E-state index in [9.17, 15) is 9.59 Å². The fourth-order valence-electron chi connectivity index (χ4n) is 2.85. The molecule has 29 heavy (non-hydrogen) atoms. The molecule has 0 spiro atoms. The number of pyridine rings is 1. The SMILES string of the molecule is CN(C)C(=O)c1ccc(C(=O)NCCCOc2ccc3ccnc(N)c3c2)cc1. The number of fused-ring (bicyclic) bond motifs is 1. The number of carbonyl (C=O) groups excluding carboxylic acids is 2. The molecular weight excluding hydrogens is 368 g/mol. The standard InChI is InChI=1S/C22H24N4O3/c1-26(2)22(28)17-6-4-16(5-7-17)21(27)25-11-3-13-29-18-9-8-15-10-12-24-20(23)19(15)14-18/h4-10,12,14H,3,11,13H2,1-2H3,(H2,23,24)(H,25,27). The van der Waals surface area contributed by atoms with Crippen LogP contribution in [0.5, 0.6) is 5.75 Å². The van der Waals surface area contributed by atoms with Gasteiger partial charge in [-0.15, -0.1) is 0 Å². The first-order valence-electron chi connectivity index (χ1n) is 9.32. The zero-order valence-corrected chi connectivity index (χ0v) is 16.5. The lowest BCUT2D eigenvalue weighted by Gasteiger charge is -2.11. The predicted octanol–water partition coefficient (Wildman–Crippen LogP) is 2.72. The number of anilines is 1. The largest absolute Gasteiger partial charge is 0.494 e. The van der Waals surface area contributed by atoms with Crippen LogP contribution in [0, 0.1) is 0 Å². The molecule has 0 aliphatic heterocycles. The van der Waals surface area contributed by atoms with E-state index >= 15 is 0 Å². The van der Waals surface area contributed by atoms with Crippen molar-refractivity contribution in [3.05, 3.63) is 65.9 Å². The molecule has 150 valence electrons. The van der Waals surface area contributed by atoms with Crippen LogP contribution < -0.4 is 15.8 Å². The third-order valence-corrected chi connectivity index (χ3v) is 4.44. The number of benzene rings is 2. The highest BCUT2D eigenvalue weighted by Gasteiger charge is 2.10. The van der Waals surface area contributed by atoms with Gasteiger partial charge in [0.1, 0.15) is 11.6 Å². The Morgan fingerprint density at radius 2 is 1.79 bits per heavy atom. The molecular formula is C22H24N4O3. The summed E-state index contributed by atoms with van der Waals surface area (Å²) in [5.74, 6) is 0.905. The Morgan fingerprint density at radius 1 is 1.07 bits per heavy atom. The van der Waals surface area contributed by atoms with Crippen LogP contribution >= 0.6 is 0 Å². The van der Waals surface area contributed by atoms with Crippen molar-refractivity contribution in [2.24, 2.45) is 0 Å². The van der Waals surface area contributed by atoms with Crippen molar-refractivity contribution in [1.29, 1.82) is 0 Å². The van der Waals surface area contributed by atoms with Gasteiger partial charge in [0.2, 0.25) is 0 Å². The summed E-state index contributed by atoms with van der Waals surface area (Å²) in [6.45, 7) is 0.941. The lowest BCUT2D eigenvalue weighted by molar-refractivity contribution is 0.0826. The Balaban J connectivity index is 1.45. The number of hydrogen-bond acceptors (Lipinski definition) is 5. The first-order chi connectivity index (χ1) is 14.0. The summed E-state index contributed by atoms with van der Waals surface area (Å²) < 4.78 is 5.74. The molecule has 0 saturated heterocycles. The number of nitrogen functional groups attached to an aromatic ring is 1. The van der Waals surface area contributed by atoms with Crippen LogP contribution in [0.4, 0.5) is 5.82 Å². The van der Waals surface area contributed by atoms with E-state index in [1.54, 1.807) is 44.6 Å². The third kappa shape index (κ3) is 5.01. The van der Waals surface area contributed by atoms with Crippen molar-refractivity contribution in [2.75, 3.05) is 33.0 Å². The maximum Gasteiger partial charge on any atom is 0.253 e. The summed E-state index contributed by atoms with van der Waals surface area (Å²) in [6.07, 6.45) is 2.33. The Labute approximate surface area is 169 Å². The minimum absolute atomic E-state index is 0.0969. The molecule has 0 atom stereocenters. The molecule has 0 fully saturated rings. The number of nitrogens with zero attached hydrogens (tertiary/aromatic N) is 2. The van der Waals surface area contributed by atoms with Gasteiger partial charge in [0.05, 0.1) is 6.61 Å². The van der Waals surface area contributed by atoms with Gasteiger partial charge >= 0.3 is 0 Å². The van der Waals surface area contributed by atoms with Gasteiger partial charge in [-0.3, -0.25) is 9.59 Å². The minimum atomic E-state index is -0.182. The van der Waals surface area contributed by atoms with E-state index in [1.807, 2.05) is 24.3 Å². The summed E-state index contributed by atoms with van der Waals surface area (Å²) in [4.78, 5) is 29.7. The molecule has 7 nitrogen and oxygen atoms in total. The number of carbonyl (C=O) groups is 2. The molecule has 3 rings (SSSR count). The van der Waals surface area contributed by atoms with Gasteiger partial charge in [0.15, 0.2) is 0 Å². The monoisotopic (exact) mass is 392 g/mol. The van der Waals surface area contributed by atoms with E-state index in [2.05, 4.69) is 10.3 Å². The zero-order valence-electron chi connectivity index (χ0n) is 16.5. The highest BCUT2D eigenvalue weighted by Crippen LogP contribution is 2.24.